The maximum Gasteiger partial charge on any atom is 0.295 e. The number of imidazole rings is 2. The lowest BCUT2D eigenvalue weighted by molar-refractivity contribution is 0.0950. The predicted molar refractivity (Wildman–Crippen MR) is 190 cm³/mol. The maximum atomic E-state index is 13.4. The normalized spacial score (nSPS) is 11.4. The van der Waals surface area contributed by atoms with E-state index >= 15 is 0 Å². The molecule has 274 valence electrons. The molecule has 0 bridgehead atoms. The molecular weight excluding hydrogens is 688 g/mol. The summed E-state index contributed by atoms with van der Waals surface area (Å²) in [6, 6.07) is 4.49. The highest BCUT2D eigenvalue weighted by atomic mass is 16.5. The number of rotatable bonds is 13. The third-order valence-corrected chi connectivity index (χ3v) is 8.17. The van der Waals surface area contributed by atoms with Crippen LogP contribution in [0, 0.1) is 13.8 Å². The molecule has 7 N–H and O–H groups in total. The third kappa shape index (κ3) is 7.04. The van der Waals surface area contributed by atoms with Gasteiger partial charge in [-0.3, -0.25) is 39.8 Å². The minimum absolute atomic E-state index is 0.0525. The van der Waals surface area contributed by atoms with Crippen LogP contribution in [0.15, 0.2) is 45.4 Å². The maximum absolute atomic E-state index is 13.4. The van der Waals surface area contributed by atoms with E-state index in [1.807, 2.05) is 13.8 Å². The summed E-state index contributed by atoms with van der Waals surface area (Å²) in [7, 11) is 1.44. The van der Waals surface area contributed by atoms with Gasteiger partial charge in [0.1, 0.15) is 16.8 Å². The number of carbonyl (C=O) groups is 4. The molecule has 0 aliphatic rings. The summed E-state index contributed by atoms with van der Waals surface area (Å²) in [5, 5.41) is 5.59. The first-order valence-corrected chi connectivity index (χ1v) is 16.4. The molecule has 6 rings (SSSR count). The van der Waals surface area contributed by atoms with E-state index in [2.05, 4.69) is 41.0 Å². The second kappa shape index (κ2) is 14.8. The van der Waals surface area contributed by atoms with E-state index < -0.39 is 23.6 Å². The molecule has 19 nitrogen and oxygen atoms in total. The lowest BCUT2D eigenvalue weighted by Crippen LogP contribution is -2.30. The zero-order valence-electron chi connectivity index (χ0n) is 29.4. The van der Waals surface area contributed by atoms with Crippen LogP contribution in [0.5, 0.6) is 5.75 Å². The smallest absolute Gasteiger partial charge is 0.295 e. The van der Waals surface area contributed by atoms with Gasteiger partial charge in [0.05, 0.1) is 29.6 Å². The Morgan fingerprint density at radius 1 is 0.792 bits per heavy atom. The Morgan fingerprint density at radius 3 is 1.89 bits per heavy atom. The van der Waals surface area contributed by atoms with Crippen molar-refractivity contribution in [2.24, 2.45) is 11.6 Å². The summed E-state index contributed by atoms with van der Waals surface area (Å²) in [5.74, 6) is 4.28. The number of aryl methyl sites for hydroxylation is 4. The molecule has 0 unspecified atom stereocenters. The number of nitrogen functional groups attached to an aromatic ring is 1. The van der Waals surface area contributed by atoms with Crippen LogP contribution in [0.3, 0.4) is 0 Å². The molecule has 5 heterocycles. The molecule has 0 saturated heterocycles. The number of ether oxygens (including phenoxy) is 1. The molecular formula is C34H36N12O7. The van der Waals surface area contributed by atoms with E-state index in [0.29, 0.717) is 64.0 Å². The first-order chi connectivity index (χ1) is 25.5. The number of aromatic nitrogens is 7. The largest absolute Gasteiger partial charge is 0.494 e. The molecule has 0 aliphatic heterocycles. The number of nitrogens with one attached hydrogen (secondary N) is 3. The Bertz CT molecular complexity index is 2430. The van der Waals surface area contributed by atoms with Gasteiger partial charge in [0, 0.05) is 38.7 Å². The number of primary amides is 1. The third-order valence-electron chi connectivity index (χ3n) is 8.17. The van der Waals surface area contributed by atoms with Crippen LogP contribution < -0.4 is 32.4 Å². The predicted octanol–water partition coefficient (Wildman–Crippen LogP) is 2.97. The van der Waals surface area contributed by atoms with Crippen molar-refractivity contribution < 1.29 is 32.7 Å². The number of nitrogens with zero attached hydrogens (tertiary/aromatic N) is 7. The van der Waals surface area contributed by atoms with Gasteiger partial charge in [0.2, 0.25) is 29.3 Å². The zero-order valence-corrected chi connectivity index (χ0v) is 29.4. The Kier molecular flexibility index (Phi) is 10.0. The fraction of sp³-hybridized carbons (Fsp3) is 0.265. The van der Waals surface area contributed by atoms with Crippen LogP contribution in [0.4, 0.5) is 11.9 Å². The molecule has 0 fully saturated rings. The first kappa shape index (κ1) is 35.9. The topological polar surface area (TPSA) is 266 Å². The monoisotopic (exact) mass is 724 g/mol. The number of anilines is 2. The molecule has 0 radical (unpaired) electrons. The number of nitrogens with two attached hydrogens (primary N) is 2. The summed E-state index contributed by atoms with van der Waals surface area (Å²) in [6.07, 6.45) is 5.85. The van der Waals surface area contributed by atoms with Crippen molar-refractivity contribution in [1.29, 1.82) is 0 Å². The van der Waals surface area contributed by atoms with Gasteiger partial charge in [-0.1, -0.05) is 26.0 Å². The van der Waals surface area contributed by atoms with Gasteiger partial charge >= 0.3 is 0 Å². The number of hydrazine groups is 1. The summed E-state index contributed by atoms with van der Waals surface area (Å²) in [6.45, 7) is 7.30. The summed E-state index contributed by atoms with van der Waals surface area (Å²) in [5.41, 5.74) is 10.4. The molecule has 1 aromatic carbocycles. The number of methoxy groups -OCH3 is 1. The number of hydrogen-bond donors (Lipinski definition) is 5. The molecule has 0 saturated carbocycles. The van der Waals surface area contributed by atoms with Crippen molar-refractivity contribution >= 4 is 57.7 Å². The summed E-state index contributed by atoms with van der Waals surface area (Å²) >= 11 is 0. The Balaban J connectivity index is 1.36. The number of oxazole rings is 2. The van der Waals surface area contributed by atoms with Crippen molar-refractivity contribution in [2.75, 3.05) is 17.7 Å². The second-order valence-corrected chi connectivity index (χ2v) is 11.6. The number of amides is 4. The van der Waals surface area contributed by atoms with Gasteiger partial charge in [-0.25, -0.2) is 30.8 Å². The van der Waals surface area contributed by atoms with E-state index in [1.54, 1.807) is 35.1 Å². The van der Waals surface area contributed by atoms with Crippen LogP contribution in [0.1, 0.15) is 78.8 Å². The lowest BCUT2D eigenvalue weighted by atomic mass is 10.1. The van der Waals surface area contributed by atoms with Gasteiger partial charge in [-0.05, 0) is 31.0 Å². The number of allylic oxidation sites excluding steroid dienone is 2. The Hall–Kier alpha value is -6.89. The SMILES string of the molecule is CCc1nc(C)oc1C(=O)Nc1nc2cc(C(=O)NN)cnc2n1C/C=C/Cn1c(NC(=O)c2oc(C)nc2CC)nc2cc(C(N)=O)cc(OC)c21. The average molecular weight is 725 g/mol. The molecule has 0 atom stereocenters. The van der Waals surface area contributed by atoms with E-state index in [-0.39, 0.29) is 47.6 Å². The van der Waals surface area contributed by atoms with Crippen molar-refractivity contribution in [2.45, 2.75) is 53.6 Å². The first-order valence-electron chi connectivity index (χ1n) is 16.4. The molecule has 0 aliphatic carbocycles. The molecule has 19 heteroatoms. The fourth-order valence-corrected chi connectivity index (χ4v) is 5.74. The number of pyridine rings is 1. The van der Waals surface area contributed by atoms with Crippen molar-refractivity contribution in [3.8, 4) is 5.75 Å². The van der Waals surface area contributed by atoms with Crippen LogP contribution in [-0.2, 0) is 25.9 Å². The van der Waals surface area contributed by atoms with Crippen LogP contribution in [0.2, 0.25) is 0 Å². The van der Waals surface area contributed by atoms with Gasteiger partial charge in [-0.15, -0.1) is 0 Å². The molecule has 0 spiro atoms. The van der Waals surface area contributed by atoms with E-state index in [9.17, 15) is 19.2 Å². The van der Waals surface area contributed by atoms with Crippen LogP contribution >= 0.6 is 0 Å². The average Bonchev–Trinajstić information content (AvgIpc) is 3.91. The van der Waals surface area contributed by atoms with Gasteiger partial charge in [-0.2, -0.15) is 0 Å². The van der Waals surface area contributed by atoms with Crippen molar-refractivity contribution in [1.82, 2.24) is 39.5 Å². The Morgan fingerprint density at radius 2 is 1.34 bits per heavy atom. The minimum atomic E-state index is -0.681. The van der Waals surface area contributed by atoms with Crippen LogP contribution in [-0.4, -0.2) is 64.8 Å². The highest BCUT2D eigenvalue weighted by molar-refractivity contribution is 6.05. The number of benzene rings is 1. The van der Waals surface area contributed by atoms with Crippen molar-refractivity contribution in [3.05, 3.63) is 82.4 Å². The Labute approximate surface area is 300 Å². The van der Waals surface area contributed by atoms with Crippen LogP contribution in [0.25, 0.3) is 22.2 Å². The zero-order chi connectivity index (χ0) is 38.0. The molecule has 6 aromatic rings. The standard InChI is InChI=1S/C34H36N12O7/c1-6-20-26(52-16(3)38-20)31(49)42-33-40-22-12-18(28(35)47)14-24(51-5)25(22)45(33)10-8-9-11-46-29-23(13-19(15-37-29)30(48)44-36)41-34(46)43-32(50)27-21(7-2)39-17(4)53-27/h8-9,12-15H,6-7,10-11,36H2,1-5H3,(H2,35,47)(H,44,48)(H,40,42,49)(H,41,43,50)/b9-8+. The summed E-state index contributed by atoms with van der Waals surface area (Å²) in [4.78, 5) is 73.2. The van der Waals surface area contributed by atoms with E-state index in [4.69, 9.17) is 25.1 Å². The molecule has 5 aromatic heterocycles. The number of fused-ring (bicyclic) bond motifs is 2. The summed E-state index contributed by atoms with van der Waals surface area (Å²) < 4.78 is 20.1. The minimum Gasteiger partial charge on any atom is -0.494 e. The second-order valence-electron chi connectivity index (χ2n) is 11.6. The van der Waals surface area contributed by atoms with Gasteiger partial charge < -0.3 is 23.9 Å². The van der Waals surface area contributed by atoms with E-state index in [0.717, 1.165) is 0 Å². The van der Waals surface area contributed by atoms with Gasteiger partial charge in [0.15, 0.2) is 17.4 Å². The van der Waals surface area contributed by atoms with E-state index in [1.165, 1.54) is 31.5 Å². The molecule has 4 amide bonds. The highest BCUT2D eigenvalue weighted by Crippen LogP contribution is 2.31. The highest BCUT2D eigenvalue weighted by Gasteiger charge is 2.24. The quantitative estimate of drug-likeness (QED) is 0.0497. The number of carbonyl (C=O) groups excluding carboxylic acids is 4. The van der Waals surface area contributed by atoms with Crippen molar-refractivity contribution in [3.63, 3.8) is 0 Å². The van der Waals surface area contributed by atoms with Gasteiger partial charge in [0.25, 0.3) is 17.7 Å². The number of hydrogen-bond acceptors (Lipinski definition) is 13. The lowest BCUT2D eigenvalue weighted by Gasteiger charge is -2.11. The fourth-order valence-electron chi connectivity index (χ4n) is 5.74. The molecule has 53 heavy (non-hydrogen) atoms.